The molecular weight excluding hydrogens is 176 g/mol. The van der Waals surface area contributed by atoms with E-state index in [1.54, 1.807) is 0 Å². The molecule has 11 heavy (non-hydrogen) atoms. The Balaban J connectivity index is 1.88. The largest absolute Gasteiger partial charge is 0.378 e. The third-order valence-electron chi connectivity index (χ3n) is 2.27. The minimum atomic E-state index is 0.603. The molecule has 0 radical (unpaired) electrons. The summed E-state index contributed by atoms with van der Waals surface area (Å²) in [6.45, 7) is 1.03. The summed E-state index contributed by atoms with van der Waals surface area (Å²) in [5.74, 6) is 3.48. The third-order valence-corrected chi connectivity index (χ3v) is 4.83. The number of rotatable bonds is 0. The van der Waals surface area contributed by atoms with Crippen LogP contribution in [0.5, 0.6) is 0 Å². The molecule has 0 amide bonds. The fraction of sp³-hybridized carbons (Fsp3) is 1.00. The fourth-order valence-electron chi connectivity index (χ4n) is 1.64. The van der Waals surface area contributed by atoms with Crippen LogP contribution >= 0.6 is 23.5 Å². The molecule has 2 bridgehead atoms. The topological polar surface area (TPSA) is 9.23 Å². The van der Waals surface area contributed by atoms with Crippen LogP contribution in [0.1, 0.15) is 12.8 Å². The molecule has 2 rings (SSSR count). The zero-order valence-electron chi connectivity index (χ0n) is 6.62. The van der Waals surface area contributed by atoms with Crippen LogP contribution in [-0.2, 0) is 4.74 Å². The van der Waals surface area contributed by atoms with E-state index in [4.69, 9.17) is 4.74 Å². The van der Waals surface area contributed by atoms with Crippen LogP contribution in [0.25, 0.3) is 0 Å². The predicted molar refractivity (Wildman–Crippen MR) is 52.2 cm³/mol. The maximum absolute atomic E-state index is 5.67. The third kappa shape index (κ3) is 2.30. The normalized spacial score (nSPS) is 39.3. The first-order chi connectivity index (χ1) is 5.45. The standard InChI is InChI=1S/C8H14OS2/c1-2-10-6-11-5-7-3-8(1)9-4-7/h7-8H,1-6H2. The van der Waals surface area contributed by atoms with E-state index in [-0.39, 0.29) is 0 Å². The first-order valence-electron chi connectivity index (χ1n) is 4.22. The SMILES string of the molecule is C1CC2CC(CO2)CSCS1. The Kier molecular flexibility index (Phi) is 3.05. The minimum Gasteiger partial charge on any atom is -0.378 e. The number of ether oxygens (including phenoxy) is 1. The second kappa shape index (κ2) is 4.06. The van der Waals surface area contributed by atoms with Gasteiger partial charge in [-0.1, -0.05) is 0 Å². The van der Waals surface area contributed by atoms with Gasteiger partial charge in [0.2, 0.25) is 0 Å². The summed E-state index contributed by atoms with van der Waals surface area (Å²) in [6.07, 6.45) is 3.21. The molecule has 0 aromatic carbocycles. The highest BCUT2D eigenvalue weighted by Crippen LogP contribution is 2.29. The van der Waals surface area contributed by atoms with Crippen molar-refractivity contribution in [3.05, 3.63) is 0 Å². The molecule has 0 saturated carbocycles. The van der Waals surface area contributed by atoms with Crippen LogP contribution in [0.3, 0.4) is 0 Å². The van der Waals surface area contributed by atoms with Crippen LogP contribution in [0.4, 0.5) is 0 Å². The van der Waals surface area contributed by atoms with Gasteiger partial charge < -0.3 is 4.74 Å². The number of hydrogen-bond acceptors (Lipinski definition) is 3. The second-order valence-electron chi connectivity index (χ2n) is 3.24. The molecular formula is C8H14OS2. The number of fused-ring (bicyclic) bond motifs is 2. The lowest BCUT2D eigenvalue weighted by molar-refractivity contribution is 0.106. The summed E-state index contributed by atoms with van der Waals surface area (Å²) in [5.41, 5.74) is 0. The van der Waals surface area contributed by atoms with Gasteiger partial charge in [-0.05, 0) is 30.3 Å². The lowest BCUT2D eigenvalue weighted by atomic mass is 10.1. The van der Waals surface area contributed by atoms with Gasteiger partial charge in [0.15, 0.2) is 0 Å². The molecule has 2 atom stereocenters. The van der Waals surface area contributed by atoms with Crippen LogP contribution in [-0.4, -0.2) is 29.3 Å². The van der Waals surface area contributed by atoms with Gasteiger partial charge in [-0.3, -0.25) is 0 Å². The van der Waals surface area contributed by atoms with Gasteiger partial charge in [-0.25, -0.2) is 0 Å². The fourth-order valence-corrected chi connectivity index (χ4v) is 3.97. The lowest BCUT2D eigenvalue weighted by Gasteiger charge is -2.07. The van der Waals surface area contributed by atoms with E-state index in [2.05, 4.69) is 23.5 Å². The van der Waals surface area contributed by atoms with E-state index in [0.717, 1.165) is 12.5 Å². The van der Waals surface area contributed by atoms with Gasteiger partial charge in [-0.15, -0.1) is 0 Å². The van der Waals surface area contributed by atoms with Crippen LogP contribution in [0, 0.1) is 5.92 Å². The van der Waals surface area contributed by atoms with Crippen molar-refractivity contribution in [2.75, 3.05) is 23.2 Å². The highest BCUT2D eigenvalue weighted by Gasteiger charge is 2.25. The first kappa shape index (κ1) is 8.27. The highest BCUT2D eigenvalue weighted by atomic mass is 32.2. The van der Waals surface area contributed by atoms with Gasteiger partial charge in [0.1, 0.15) is 0 Å². The molecule has 3 heteroatoms. The summed E-state index contributed by atoms with van der Waals surface area (Å²) < 4.78 is 5.67. The van der Waals surface area contributed by atoms with E-state index in [1.165, 1.54) is 29.4 Å². The molecule has 2 aliphatic rings. The maximum Gasteiger partial charge on any atom is 0.0587 e. The molecule has 0 spiro atoms. The summed E-state index contributed by atoms with van der Waals surface area (Å²) >= 11 is 4.15. The van der Waals surface area contributed by atoms with Crippen molar-refractivity contribution in [2.24, 2.45) is 5.92 Å². The average molecular weight is 190 g/mol. The Bertz CT molecular complexity index is 115. The summed E-state index contributed by atoms with van der Waals surface area (Å²) in [5, 5.41) is 1.29. The Hall–Kier alpha value is 0.660. The zero-order valence-corrected chi connectivity index (χ0v) is 8.26. The Morgan fingerprint density at radius 2 is 2.27 bits per heavy atom. The van der Waals surface area contributed by atoms with E-state index < -0.39 is 0 Å². The van der Waals surface area contributed by atoms with Crippen molar-refractivity contribution in [1.82, 2.24) is 0 Å². The summed E-state index contributed by atoms with van der Waals surface area (Å²) in [6, 6.07) is 0. The number of hydrogen-bond donors (Lipinski definition) is 0. The molecule has 0 N–H and O–H groups in total. The minimum absolute atomic E-state index is 0.603. The molecule has 2 fully saturated rings. The molecule has 0 aliphatic carbocycles. The second-order valence-corrected chi connectivity index (χ2v) is 5.74. The predicted octanol–water partition coefficient (Wildman–Crippen LogP) is 2.22. The van der Waals surface area contributed by atoms with Crippen LogP contribution in [0.15, 0.2) is 0 Å². The smallest absolute Gasteiger partial charge is 0.0587 e. The first-order valence-corrected chi connectivity index (χ1v) is 6.53. The maximum atomic E-state index is 5.67. The van der Waals surface area contributed by atoms with Crippen LogP contribution in [0.2, 0.25) is 0 Å². The molecule has 2 saturated heterocycles. The summed E-state index contributed by atoms with van der Waals surface area (Å²) in [7, 11) is 0. The van der Waals surface area contributed by atoms with Crippen molar-refractivity contribution in [1.29, 1.82) is 0 Å². The molecule has 2 heterocycles. The van der Waals surface area contributed by atoms with Crippen molar-refractivity contribution in [2.45, 2.75) is 18.9 Å². The molecule has 2 aliphatic heterocycles. The Labute approximate surface area is 76.6 Å². The summed E-state index contributed by atoms with van der Waals surface area (Å²) in [4.78, 5) is 0. The Morgan fingerprint density at radius 3 is 3.27 bits per heavy atom. The monoisotopic (exact) mass is 190 g/mol. The molecule has 0 aromatic heterocycles. The average Bonchev–Trinajstić information content (AvgIpc) is 2.49. The van der Waals surface area contributed by atoms with Crippen molar-refractivity contribution in [3.63, 3.8) is 0 Å². The van der Waals surface area contributed by atoms with Gasteiger partial charge in [0.25, 0.3) is 0 Å². The van der Waals surface area contributed by atoms with Gasteiger partial charge in [0.05, 0.1) is 12.7 Å². The van der Waals surface area contributed by atoms with Gasteiger partial charge in [-0.2, -0.15) is 23.5 Å². The van der Waals surface area contributed by atoms with E-state index in [9.17, 15) is 0 Å². The molecule has 64 valence electrons. The van der Waals surface area contributed by atoms with Gasteiger partial charge >= 0.3 is 0 Å². The Morgan fingerprint density at radius 1 is 1.27 bits per heavy atom. The van der Waals surface area contributed by atoms with E-state index >= 15 is 0 Å². The van der Waals surface area contributed by atoms with Crippen LogP contribution < -0.4 is 0 Å². The van der Waals surface area contributed by atoms with Gasteiger partial charge in [0, 0.05) is 5.08 Å². The quantitative estimate of drug-likeness (QED) is 0.579. The van der Waals surface area contributed by atoms with Crippen molar-refractivity contribution < 1.29 is 4.74 Å². The molecule has 1 nitrogen and oxygen atoms in total. The number of thioether (sulfide) groups is 2. The van der Waals surface area contributed by atoms with Crippen molar-refractivity contribution >= 4 is 23.5 Å². The highest BCUT2D eigenvalue weighted by molar-refractivity contribution is 8.15. The molecule has 2 unspecified atom stereocenters. The molecule has 0 aromatic rings. The lowest BCUT2D eigenvalue weighted by Crippen LogP contribution is -2.05. The van der Waals surface area contributed by atoms with Crippen molar-refractivity contribution in [3.8, 4) is 0 Å². The van der Waals surface area contributed by atoms with E-state index in [0.29, 0.717) is 6.10 Å². The van der Waals surface area contributed by atoms with E-state index in [1.807, 2.05) is 0 Å². The zero-order chi connectivity index (χ0) is 7.52.